The Hall–Kier alpha value is -2.45. The quantitative estimate of drug-likeness (QED) is 0.0215. The number of allylic oxidation sites excluding steroid dienone is 6. The van der Waals surface area contributed by atoms with Gasteiger partial charge in [-0.2, -0.15) is 0 Å². The molecule has 0 amide bonds. The number of nitrogens with zero attached hydrogens (tertiary/aromatic N) is 1. The summed E-state index contributed by atoms with van der Waals surface area (Å²) >= 11 is 0. The Labute approximate surface area is 364 Å². The van der Waals surface area contributed by atoms with Crippen LogP contribution in [0.3, 0.4) is 0 Å². The fourth-order valence-corrected chi connectivity index (χ4v) is 7.20. The summed E-state index contributed by atoms with van der Waals surface area (Å²) in [6.45, 7) is 4.72. The molecule has 1 N–H and O–H groups in total. The third kappa shape index (κ3) is 40.7. The van der Waals surface area contributed by atoms with Crippen LogP contribution in [0.2, 0.25) is 0 Å². The first-order valence-electron chi connectivity index (χ1n) is 24.5. The molecule has 0 rings (SSSR count). The fourth-order valence-electron chi connectivity index (χ4n) is 7.20. The van der Waals surface area contributed by atoms with Crippen LogP contribution in [0.15, 0.2) is 36.5 Å². The van der Waals surface area contributed by atoms with Gasteiger partial charge in [-0.05, 0) is 64.2 Å². The van der Waals surface area contributed by atoms with Crippen LogP contribution in [-0.4, -0.2) is 80.6 Å². The molecular formula is C51H94NO7+. The van der Waals surface area contributed by atoms with Crippen LogP contribution < -0.4 is 0 Å². The number of quaternary nitrogens is 1. The van der Waals surface area contributed by atoms with Crippen molar-refractivity contribution < 1.29 is 38.2 Å². The van der Waals surface area contributed by atoms with E-state index < -0.39 is 18.1 Å². The average molecular weight is 833 g/mol. The number of unbranched alkanes of at least 4 members (excludes halogenated alkanes) is 25. The zero-order valence-corrected chi connectivity index (χ0v) is 39.2. The summed E-state index contributed by atoms with van der Waals surface area (Å²) < 4.78 is 17.3. The summed E-state index contributed by atoms with van der Waals surface area (Å²) in [5.41, 5.74) is 0. The molecule has 0 aromatic carbocycles. The number of aliphatic carboxylic acids is 1. The van der Waals surface area contributed by atoms with Gasteiger partial charge in [-0.1, -0.05) is 172 Å². The minimum Gasteiger partial charge on any atom is -0.477 e. The molecule has 0 heterocycles. The van der Waals surface area contributed by atoms with Crippen LogP contribution in [0.25, 0.3) is 0 Å². The highest BCUT2D eigenvalue weighted by Gasteiger charge is 2.31. The van der Waals surface area contributed by atoms with Crippen molar-refractivity contribution in [2.24, 2.45) is 0 Å². The molecule has 0 fully saturated rings. The minimum absolute atomic E-state index is 0.0523. The van der Waals surface area contributed by atoms with E-state index in [1.807, 2.05) is 21.1 Å². The molecule has 0 aliphatic carbocycles. The largest absolute Gasteiger partial charge is 0.477 e. The summed E-state index contributed by atoms with van der Waals surface area (Å²) in [5.74, 6) is -1.50. The Morgan fingerprint density at radius 3 is 1.34 bits per heavy atom. The maximum absolute atomic E-state index is 12.8. The third-order valence-corrected chi connectivity index (χ3v) is 11.0. The molecule has 0 aliphatic heterocycles. The van der Waals surface area contributed by atoms with Gasteiger partial charge >= 0.3 is 17.9 Å². The zero-order chi connectivity index (χ0) is 43.5. The smallest absolute Gasteiger partial charge is 0.362 e. The lowest BCUT2D eigenvalue weighted by Crippen LogP contribution is -2.50. The van der Waals surface area contributed by atoms with E-state index in [4.69, 9.17) is 14.2 Å². The van der Waals surface area contributed by atoms with Crippen molar-refractivity contribution in [2.45, 2.75) is 231 Å². The highest BCUT2D eigenvalue weighted by Crippen LogP contribution is 2.14. The standard InChI is InChI=1S/C51H93NO7/c1-6-8-10-12-14-16-18-20-22-24-25-26-28-30-32-34-36-38-40-42-50(54)59-47(45-57-44-43-48(51(55)56)52(3,4)5)46-58-49(53)41-39-37-35-33-31-29-27-23-21-19-17-15-13-11-9-7-2/h23-25,27,29,31,47-48H,6-22,26,28,30,32-46H2,1-5H3/p+1/b25-24+,27-23+,31-29+. The van der Waals surface area contributed by atoms with Crippen molar-refractivity contribution in [3.05, 3.63) is 36.5 Å². The molecule has 0 radical (unpaired) electrons. The number of rotatable bonds is 44. The number of hydrogen-bond acceptors (Lipinski definition) is 6. The van der Waals surface area contributed by atoms with E-state index in [0.29, 0.717) is 19.3 Å². The van der Waals surface area contributed by atoms with Gasteiger partial charge in [-0.3, -0.25) is 9.59 Å². The van der Waals surface area contributed by atoms with E-state index in [2.05, 4.69) is 50.3 Å². The highest BCUT2D eigenvalue weighted by molar-refractivity contribution is 5.72. The lowest BCUT2D eigenvalue weighted by atomic mass is 10.1. The van der Waals surface area contributed by atoms with Crippen LogP contribution in [0, 0.1) is 0 Å². The van der Waals surface area contributed by atoms with E-state index >= 15 is 0 Å². The monoisotopic (exact) mass is 833 g/mol. The van der Waals surface area contributed by atoms with Gasteiger partial charge in [0.1, 0.15) is 6.61 Å². The minimum atomic E-state index is -0.878. The molecule has 0 saturated carbocycles. The van der Waals surface area contributed by atoms with Crippen LogP contribution >= 0.6 is 0 Å². The normalized spacial score (nSPS) is 13.2. The van der Waals surface area contributed by atoms with Crippen molar-refractivity contribution in [3.8, 4) is 0 Å². The first-order chi connectivity index (χ1) is 28.6. The molecule has 0 bridgehead atoms. The van der Waals surface area contributed by atoms with Gasteiger partial charge in [-0.25, -0.2) is 4.79 Å². The zero-order valence-electron chi connectivity index (χ0n) is 39.2. The van der Waals surface area contributed by atoms with Gasteiger partial charge in [0.15, 0.2) is 12.1 Å². The number of hydrogen-bond donors (Lipinski definition) is 1. The van der Waals surface area contributed by atoms with Gasteiger partial charge in [0, 0.05) is 19.3 Å². The van der Waals surface area contributed by atoms with Gasteiger partial charge in [0.05, 0.1) is 34.4 Å². The van der Waals surface area contributed by atoms with Gasteiger partial charge in [0.2, 0.25) is 0 Å². The van der Waals surface area contributed by atoms with Crippen molar-refractivity contribution in [3.63, 3.8) is 0 Å². The topological polar surface area (TPSA) is 99.1 Å². The average Bonchev–Trinajstić information content (AvgIpc) is 3.19. The Kier molecular flexibility index (Phi) is 40.5. The van der Waals surface area contributed by atoms with E-state index in [-0.39, 0.29) is 36.2 Å². The number of carbonyl (C=O) groups is 3. The summed E-state index contributed by atoms with van der Waals surface area (Å²) in [5, 5.41) is 9.64. The molecule has 2 unspecified atom stereocenters. The van der Waals surface area contributed by atoms with Gasteiger partial charge in [0.25, 0.3) is 0 Å². The lowest BCUT2D eigenvalue weighted by Gasteiger charge is -2.31. The second kappa shape index (κ2) is 42.2. The Balaban J connectivity index is 4.32. The maximum Gasteiger partial charge on any atom is 0.362 e. The predicted molar refractivity (Wildman–Crippen MR) is 248 cm³/mol. The Bertz CT molecular complexity index is 1060. The third-order valence-electron chi connectivity index (χ3n) is 11.0. The molecule has 0 saturated heterocycles. The molecular weight excluding hydrogens is 739 g/mol. The van der Waals surface area contributed by atoms with Crippen molar-refractivity contribution in [1.82, 2.24) is 0 Å². The summed E-state index contributed by atoms with van der Waals surface area (Å²) in [4.78, 5) is 37.1. The first kappa shape index (κ1) is 56.5. The van der Waals surface area contributed by atoms with E-state index in [1.165, 1.54) is 135 Å². The second-order valence-electron chi connectivity index (χ2n) is 17.7. The first-order valence-corrected chi connectivity index (χ1v) is 24.5. The number of likely N-dealkylation sites (N-methyl/N-ethyl adjacent to an activating group) is 1. The number of carbonyl (C=O) groups excluding carboxylic acids is 2. The highest BCUT2D eigenvalue weighted by atomic mass is 16.6. The predicted octanol–water partition coefficient (Wildman–Crippen LogP) is 13.8. The van der Waals surface area contributed by atoms with Crippen LogP contribution in [0.4, 0.5) is 0 Å². The van der Waals surface area contributed by atoms with Crippen LogP contribution in [0.5, 0.6) is 0 Å². The van der Waals surface area contributed by atoms with Gasteiger partial charge < -0.3 is 23.8 Å². The summed E-state index contributed by atoms with van der Waals surface area (Å²) in [6.07, 6.45) is 49.0. The number of carboxylic acids is 1. The second-order valence-corrected chi connectivity index (χ2v) is 17.7. The molecule has 2 atom stereocenters. The van der Waals surface area contributed by atoms with Crippen LogP contribution in [0.1, 0.15) is 219 Å². The molecule has 0 spiro atoms. The molecule has 0 aliphatic rings. The van der Waals surface area contributed by atoms with Gasteiger partial charge in [-0.15, -0.1) is 0 Å². The number of ether oxygens (including phenoxy) is 3. The summed E-state index contributed by atoms with van der Waals surface area (Å²) in [7, 11) is 5.52. The molecule has 59 heavy (non-hydrogen) atoms. The molecule has 344 valence electrons. The lowest BCUT2D eigenvalue weighted by molar-refractivity contribution is -0.887. The van der Waals surface area contributed by atoms with Crippen molar-refractivity contribution in [2.75, 3.05) is 41.0 Å². The molecule has 0 aromatic heterocycles. The molecule has 0 aromatic rings. The Morgan fingerprint density at radius 1 is 0.508 bits per heavy atom. The van der Waals surface area contributed by atoms with Crippen LogP contribution in [-0.2, 0) is 28.6 Å². The van der Waals surface area contributed by atoms with E-state index in [0.717, 1.165) is 51.4 Å². The number of esters is 2. The Morgan fingerprint density at radius 2 is 0.898 bits per heavy atom. The van der Waals surface area contributed by atoms with Crippen molar-refractivity contribution in [1.29, 1.82) is 0 Å². The molecule has 8 nitrogen and oxygen atoms in total. The maximum atomic E-state index is 12.8. The van der Waals surface area contributed by atoms with E-state index in [9.17, 15) is 19.5 Å². The van der Waals surface area contributed by atoms with E-state index in [1.54, 1.807) is 0 Å². The summed E-state index contributed by atoms with van der Waals surface area (Å²) in [6, 6.07) is -0.619. The number of carboxylic acid groups (broad SMARTS) is 1. The molecule has 8 heteroatoms. The SMILES string of the molecule is CCCCCCCCC/C=C/C=C/CCCCCC(=O)OCC(COCCC(C(=O)O)[N+](C)(C)C)OC(=O)CCCCCCCCC/C=C/CCCCCCCCCC. The van der Waals surface area contributed by atoms with Crippen molar-refractivity contribution >= 4 is 17.9 Å². The fraction of sp³-hybridized carbons (Fsp3) is 0.824.